The van der Waals surface area contributed by atoms with Crippen LogP contribution in [0, 0.1) is 11.7 Å². The molecule has 0 aliphatic heterocycles. The average molecular weight is 300 g/mol. The van der Waals surface area contributed by atoms with Crippen molar-refractivity contribution in [2.45, 2.75) is 51.4 Å². The van der Waals surface area contributed by atoms with E-state index in [4.69, 9.17) is 0 Å². The molecule has 0 bridgehead atoms. The van der Waals surface area contributed by atoms with Crippen LogP contribution in [0.25, 0.3) is 5.83 Å². The molecule has 21 heavy (non-hydrogen) atoms. The number of rotatable bonds is 4. The van der Waals surface area contributed by atoms with Crippen LogP contribution in [-0.4, -0.2) is 0 Å². The van der Waals surface area contributed by atoms with E-state index >= 15 is 0 Å². The Morgan fingerprint density at radius 3 is 2.29 bits per heavy atom. The van der Waals surface area contributed by atoms with E-state index in [1.54, 1.807) is 6.07 Å². The van der Waals surface area contributed by atoms with E-state index < -0.39 is 23.3 Å². The van der Waals surface area contributed by atoms with Gasteiger partial charge in [0.05, 0.1) is 5.56 Å². The van der Waals surface area contributed by atoms with Crippen LogP contribution in [0.1, 0.15) is 62.5 Å². The lowest BCUT2D eigenvalue weighted by atomic mass is 9.77. The molecule has 0 unspecified atom stereocenters. The molecule has 1 aromatic carbocycles. The Kier molecular flexibility index (Phi) is 5.43. The van der Waals surface area contributed by atoms with Crippen LogP contribution in [0.4, 0.5) is 17.6 Å². The van der Waals surface area contributed by atoms with Crippen molar-refractivity contribution in [3.8, 4) is 0 Å². The predicted octanol–water partition coefficient (Wildman–Crippen LogP) is 6.43. The van der Waals surface area contributed by atoms with Crippen LogP contribution < -0.4 is 0 Å². The van der Waals surface area contributed by atoms with Gasteiger partial charge in [-0.2, -0.15) is 8.78 Å². The minimum absolute atomic E-state index is 0.254. The van der Waals surface area contributed by atoms with Gasteiger partial charge in [-0.3, -0.25) is 0 Å². The van der Waals surface area contributed by atoms with Crippen LogP contribution in [0.2, 0.25) is 0 Å². The topological polar surface area (TPSA) is 0 Å². The maximum absolute atomic E-state index is 13.8. The van der Waals surface area contributed by atoms with Gasteiger partial charge in [-0.15, -0.1) is 0 Å². The first kappa shape index (κ1) is 16.1. The van der Waals surface area contributed by atoms with Gasteiger partial charge in [0, 0.05) is 0 Å². The second-order valence-electron chi connectivity index (χ2n) is 5.82. The molecule has 4 heteroatoms. The smallest absolute Gasteiger partial charge is 0.206 e. The summed E-state index contributed by atoms with van der Waals surface area (Å²) in [5.74, 6) is -1.68. The van der Waals surface area contributed by atoms with Gasteiger partial charge in [-0.1, -0.05) is 25.8 Å². The fraction of sp³-hybridized carbons (Fsp3) is 0.529. The molecule has 116 valence electrons. The third kappa shape index (κ3) is 3.86. The van der Waals surface area contributed by atoms with Crippen molar-refractivity contribution in [3.63, 3.8) is 0 Å². The van der Waals surface area contributed by atoms with E-state index in [1.165, 1.54) is 18.9 Å². The quantitative estimate of drug-likeness (QED) is 0.562. The molecule has 0 N–H and O–H groups in total. The molecule has 1 aliphatic carbocycles. The molecule has 0 amide bonds. The summed E-state index contributed by atoms with van der Waals surface area (Å²) in [6.07, 6.45) is 4.13. The zero-order valence-electron chi connectivity index (χ0n) is 12.1. The van der Waals surface area contributed by atoms with Crippen LogP contribution in [0.3, 0.4) is 0 Å². The van der Waals surface area contributed by atoms with Crippen LogP contribution in [0.15, 0.2) is 24.3 Å². The molecule has 0 nitrogen and oxygen atoms in total. The molecule has 1 saturated carbocycles. The summed E-state index contributed by atoms with van der Waals surface area (Å²) in [6, 6.07) is 3.91. The summed E-state index contributed by atoms with van der Waals surface area (Å²) in [5, 5.41) is 0. The zero-order valence-corrected chi connectivity index (χ0v) is 12.1. The molecule has 1 aromatic rings. The summed E-state index contributed by atoms with van der Waals surface area (Å²) in [4.78, 5) is 0. The number of hydrogen-bond donors (Lipinski definition) is 0. The minimum Gasteiger partial charge on any atom is -0.206 e. The molecule has 2 rings (SSSR count). The molecule has 0 heterocycles. The molecule has 0 saturated heterocycles. The fourth-order valence-electron chi connectivity index (χ4n) is 3.26. The molecule has 0 aromatic heterocycles. The average Bonchev–Trinajstić information content (AvgIpc) is 2.47. The van der Waals surface area contributed by atoms with Crippen molar-refractivity contribution in [2.24, 2.45) is 5.92 Å². The number of benzene rings is 1. The highest BCUT2D eigenvalue weighted by atomic mass is 19.3. The summed E-state index contributed by atoms with van der Waals surface area (Å²) >= 11 is 0. The van der Waals surface area contributed by atoms with E-state index in [0.717, 1.165) is 43.2 Å². The summed E-state index contributed by atoms with van der Waals surface area (Å²) < 4.78 is 51.3. The SMILES string of the molecule is CCCC1CCC(c2ccc(C(F)=C(F)F)c(F)c2)CC1. The predicted molar refractivity (Wildman–Crippen MR) is 76.3 cm³/mol. The monoisotopic (exact) mass is 300 g/mol. The standard InChI is InChI=1S/C17H20F4/c1-2-3-11-4-6-12(7-5-11)13-8-9-14(15(18)10-13)16(19)17(20)21/h8-12H,2-7H2,1H3. The third-order valence-electron chi connectivity index (χ3n) is 4.41. The summed E-state index contributed by atoms with van der Waals surface area (Å²) in [5.41, 5.74) is 0.136. The molecule has 1 fully saturated rings. The molecule has 0 spiro atoms. The van der Waals surface area contributed by atoms with Gasteiger partial charge in [0.1, 0.15) is 5.82 Å². The van der Waals surface area contributed by atoms with Crippen molar-refractivity contribution in [1.82, 2.24) is 0 Å². The van der Waals surface area contributed by atoms with E-state index in [-0.39, 0.29) is 5.92 Å². The number of halogens is 4. The van der Waals surface area contributed by atoms with Gasteiger partial charge in [0.2, 0.25) is 0 Å². The minimum atomic E-state index is -2.48. The summed E-state index contributed by atoms with van der Waals surface area (Å²) in [7, 11) is 0. The molecular formula is C17H20F4. The van der Waals surface area contributed by atoms with Gasteiger partial charge < -0.3 is 0 Å². The van der Waals surface area contributed by atoms with Crippen LogP contribution in [-0.2, 0) is 0 Å². The Morgan fingerprint density at radius 1 is 1.10 bits per heavy atom. The highest BCUT2D eigenvalue weighted by Crippen LogP contribution is 2.38. The van der Waals surface area contributed by atoms with Crippen molar-refractivity contribution in [3.05, 3.63) is 41.2 Å². The Morgan fingerprint density at radius 2 is 1.76 bits per heavy atom. The lowest BCUT2D eigenvalue weighted by Crippen LogP contribution is -2.13. The highest BCUT2D eigenvalue weighted by molar-refractivity contribution is 5.60. The van der Waals surface area contributed by atoms with Gasteiger partial charge in [0.15, 0.2) is 5.83 Å². The fourth-order valence-corrected chi connectivity index (χ4v) is 3.26. The van der Waals surface area contributed by atoms with E-state index in [9.17, 15) is 17.6 Å². The third-order valence-corrected chi connectivity index (χ3v) is 4.41. The second kappa shape index (κ2) is 7.10. The van der Waals surface area contributed by atoms with Gasteiger partial charge >= 0.3 is 6.08 Å². The molecule has 0 radical (unpaired) electrons. The number of hydrogen-bond acceptors (Lipinski definition) is 0. The lowest BCUT2D eigenvalue weighted by Gasteiger charge is -2.28. The first-order chi connectivity index (χ1) is 10.0. The van der Waals surface area contributed by atoms with E-state index in [0.29, 0.717) is 0 Å². The van der Waals surface area contributed by atoms with Gasteiger partial charge in [0.25, 0.3) is 0 Å². The van der Waals surface area contributed by atoms with Gasteiger partial charge in [-0.05, 0) is 55.2 Å². The first-order valence-corrected chi connectivity index (χ1v) is 7.53. The van der Waals surface area contributed by atoms with Crippen molar-refractivity contribution < 1.29 is 17.6 Å². The maximum atomic E-state index is 13.8. The molecule has 1 aliphatic rings. The Hall–Kier alpha value is -1.32. The van der Waals surface area contributed by atoms with E-state index in [1.807, 2.05) is 0 Å². The Balaban J connectivity index is 2.09. The largest absolute Gasteiger partial charge is 0.306 e. The van der Waals surface area contributed by atoms with Crippen molar-refractivity contribution in [2.75, 3.05) is 0 Å². The summed E-state index contributed by atoms with van der Waals surface area (Å²) in [6.45, 7) is 2.17. The lowest BCUT2D eigenvalue weighted by molar-refractivity contribution is 0.308. The highest BCUT2D eigenvalue weighted by Gasteiger charge is 2.23. The normalized spacial score (nSPS) is 22.1. The van der Waals surface area contributed by atoms with Crippen LogP contribution >= 0.6 is 0 Å². The van der Waals surface area contributed by atoms with Crippen molar-refractivity contribution in [1.29, 1.82) is 0 Å². The Bertz CT molecular complexity index is 510. The molecular weight excluding hydrogens is 280 g/mol. The van der Waals surface area contributed by atoms with Crippen LogP contribution in [0.5, 0.6) is 0 Å². The zero-order chi connectivity index (χ0) is 15.4. The molecule has 0 atom stereocenters. The van der Waals surface area contributed by atoms with E-state index in [2.05, 4.69) is 6.92 Å². The second-order valence-corrected chi connectivity index (χ2v) is 5.82. The maximum Gasteiger partial charge on any atom is 0.306 e. The first-order valence-electron chi connectivity index (χ1n) is 7.53. The van der Waals surface area contributed by atoms with Crippen molar-refractivity contribution >= 4 is 5.83 Å². The van der Waals surface area contributed by atoms with Gasteiger partial charge in [-0.25, -0.2) is 8.78 Å². The Labute approximate surface area is 122 Å².